The molecule has 1 aromatic carbocycles. The standard InChI is InChI=1S/C14H20BrFO2S/c1-2-7-19(17,18)8-6-13(11-15)9-12-4-3-5-14(16)10-12/h3-5,10,13H,2,6-9,11H2,1H3. The molecule has 0 aromatic heterocycles. The molecule has 0 aliphatic carbocycles. The van der Waals surface area contributed by atoms with Gasteiger partial charge in [0, 0.05) is 11.1 Å². The minimum Gasteiger partial charge on any atom is -0.229 e. The fourth-order valence-corrected chi connectivity index (χ4v) is 4.06. The van der Waals surface area contributed by atoms with Crippen LogP contribution in [0.25, 0.3) is 0 Å². The molecule has 1 unspecified atom stereocenters. The summed E-state index contributed by atoms with van der Waals surface area (Å²) >= 11 is 3.41. The summed E-state index contributed by atoms with van der Waals surface area (Å²) < 4.78 is 36.5. The number of rotatable bonds is 8. The molecule has 0 saturated carbocycles. The predicted molar refractivity (Wildman–Crippen MR) is 80.9 cm³/mol. The van der Waals surface area contributed by atoms with Crippen molar-refractivity contribution in [2.45, 2.75) is 26.2 Å². The van der Waals surface area contributed by atoms with Crippen molar-refractivity contribution in [3.63, 3.8) is 0 Å². The highest BCUT2D eigenvalue weighted by atomic mass is 79.9. The Morgan fingerprint density at radius 3 is 2.63 bits per heavy atom. The predicted octanol–water partition coefficient (Wildman–Crippen LogP) is 3.59. The highest BCUT2D eigenvalue weighted by Gasteiger charge is 2.15. The monoisotopic (exact) mass is 350 g/mol. The van der Waals surface area contributed by atoms with E-state index in [4.69, 9.17) is 0 Å². The minimum atomic E-state index is -2.93. The third-order valence-corrected chi connectivity index (χ3v) is 5.79. The first-order valence-corrected chi connectivity index (χ1v) is 9.42. The van der Waals surface area contributed by atoms with Crippen molar-refractivity contribution in [3.05, 3.63) is 35.6 Å². The summed E-state index contributed by atoms with van der Waals surface area (Å²) in [5.74, 6) is 0.437. The molecule has 1 rings (SSSR count). The van der Waals surface area contributed by atoms with Crippen molar-refractivity contribution >= 4 is 25.8 Å². The van der Waals surface area contributed by atoms with Crippen LogP contribution in [-0.2, 0) is 16.3 Å². The fraction of sp³-hybridized carbons (Fsp3) is 0.571. The van der Waals surface area contributed by atoms with Crippen molar-refractivity contribution in [1.82, 2.24) is 0 Å². The number of hydrogen-bond acceptors (Lipinski definition) is 2. The average Bonchev–Trinajstić information content (AvgIpc) is 2.34. The zero-order valence-electron chi connectivity index (χ0n) is 11.1. The van der Waals surface area contributed by atoms with Crippen molar-refractivity contribution < 1.29 is 12.8 Å². The number of alkyl halides is 1. The van der Waals surface area contributed by atoms with E-state index < -0.39 is 9.84 Å². The van der Waals surface area contributed by atoms with Crippen LogP contribution in [0.15, 0.2) is 24.3 Å². The first kappa shape index (κ1) is 16.6. The molecule has 2 nitrogen and oxygen atoms in total. The van der Waals surface area contributed by atoms with E-state index in [1.807, 2.05) is 13.0 Å². The van der Waals surface area contributed by atoms with Crippen molar-refractivity contribution in [3.8, 4) is 0 Å². The van der Waals surface area contributed by atoms with Gasteiger partial charge in [0.25, 0.3) is 0 Å². The lowest BCUT2D eigenvalue weighted by Crippen LogP contribution is -2.16. The molecular weight excluding hydrogens is 331 g/mol. The van der Waals surface area contributed by atoms with Crippen LogP contribution in [0.2, 0.25) is 0 Å². The van der Waals surface area contributed by atoms with Gasteiger partial charge in [-0.25, -0.2) is 12.8 Å². The Morgan fingerprint density at radius 1 is 1.32 bits per heavy atom. The maximum absolute atomic E-state index is 13.1. The number of benzene rings is 1. The van der Waals surface area contributed by atoms with Gasteiger partial charge in [0.05, 0.1) is 5.75 Å². The van der Waals surface area contributed by atoms with E-state index in [1.165, 1.54) is 12.1 Å². The molecule has 0 amide bonds. The second-order valence-corrected chi connectivity index (χ2v) is 7.75. The molecule has 19 heavy (non-hydrogen) atoms. The third-order valence-electron chi connectivity index (χ3n) is 2.98. The molecule has 5 heteroatoms. The van der Waals surface area contributed by atoms with Crippen LogP contribution in [0.1, 0.15) is 25.3 Å². The van der Waals surface area contributed by atoms with E-state index in [9.17, 15) is 12.8 Å². The topological polar surface area (TPSA) is 34.1 Å². The molecule has 0 aliphatic rings. The van der Waals surface area contributed by atoms with Crippen LogP contribution in [-0.4, -0.2) is 25.3 Å². The van der Waals surface area contributed by atoms with E-state index >= 15 is 0 Å². The van der Waals surface area contributed by atoms with Crippen molar-refractivity contribution in [2.24, 2.45) is 5.92 Å². The largest absolute Gasteiger partial charge is 0.229 e. The lowest BCUT2D eigenvalue weighted by Gasteiger charge is -2.14. The zero-order chi connectivity index (χ0) is 14.3. The van der Waals surface area contributed by atoms with E-state index in [0.717, 1.165) is 10.9 Å². The fourth-order valence-electron chi connectivity index (χ4n) is 1.99. The number of hydrogen-bond donors (Lipinski definition) is 0. The summed E-state index contributed by atoms with van der Waals surface area (Å²) in [6, 6.07) is 6.48. The Bertz CT molecular complexity index is 488. The van der Waals surface area contributed by atoms with Gasteiger partial charge in [-0.05, 0) is 42.9 Å². The average molecular weight is 351 g/mol. The van der Waals surface area contributed by atoms with E-state index in [2.05, 4.69) is 15.9 Å². The van der Waals surface area contributed by atoms with Crippen LogP contribution in [0.3, 0.4) is 0 Å². The van der Waals surface area contributed by atoms with E-state index in [-0.39, 0.29) is 23.2 Å². The summed E-state index contributed by atoms with van der Waals surface area (Å²) in [7, 11) is -2.93. The first-order chi connectivity index (χ1) is 8.96. The summed E-state index contributed by atoms with van der Waals surface area (Å²) in [5.41, 5.74) is 0.914. The SMILES string of the molecule is CCCS(=O)(=O)CCC(CBr)Cc1cccc(F)c1. The Labute approximate surface area is 123 Å². The molecular formula is C14H20BrFO2S. The zero-order valence-corrected chi connectivity index (χ0v) is 13.5. The van der Waals surface area contributed by atoms with Crippen LogP contribution < -0.4 is 0 Å². The molecule has 0 bridgehead atoms. The van der Waals surface area contributed by atoms with Crippen LogP contribution >= 0.6 is 15.9 Å². The number of sulfone groups is 1. The Hall–Kier alpha value is -0.420. The van der Waals surface area contributed by atoms with Crippen molar-refractivity contribution in [1.29, 1.82) is 0 Å². The second-order valence-electron chi connectivity index (χ2n) is 4.79. The molecule has 0 fully saturated rings. The summed E-state index contributed by atoms with van der Waals surface area (Å²) in [5, 5.41) is 0.727. The molecule has 0 N–H and O–H groups in total. The van der Waals surface area contributed by atoms with Gasteiger partial charge in [0.1, 0.15) is 15.7 Å². The maximum Gasteiger partial charge on any atom is 0.150 e. The van der Waals surface area contributed by atoms with Crippen LogP contribution in [0, 0.1) is 11.7 Å². The maximum atomic E-state index is 13.1. The summed E-state index contributed by atoms with van der Waals surface area (Å²) in [4.78, 5) is 0. The second kappa shape index (κ2) is 8.00. The van der Waals surface area contributed by atoms with Gasteiger partial charge < -0.3 is 0 Å². The Balaban J connectivity index is 2.55. The van der Waals surface area contributed by atoms with E-state index in [1.54, 1.807) is 6.07 Å². The smallest absolute Gasteiger partial charge is 0.150 e. The van der Waals surface area contributed by atoms with Gasteiger partial charge in [-0.3, -0.25) is 0 Å². The summed E-state index contributed by atoms with van der Waals surface area (Å²) in [6.45, 7) is 1.87. The lowest BCUT2D eigenvalue weighted by atomic mass is 9.99. The highest BCUT2D eigenvalue weighted by molar-refractivity contribution is 9.09. The normalized spacial score (nSPS) is 13.4. The molecule has 0 saturated heterocycles. The first-order valence-electron chi connectivity index (χ1n) is 6.47. The molecule has 0 aliphatic heterocycles. The molecule has 0 radical (unpaired) electrons. The van der Waals surface area contributed by atoms with Gasteiger partial charge in [0.2, 0.25) is 0 Å². The number of halogens is 2. The van der Waals surface area contributed by atoms with Crippen LogP contribution in [0.5, 0.6) is 0 Å². The van der Waals surface area contributed by atoms with Crippen molar-refractivity contribution in [2.75, 3.05) is 16.8 Å². The highest BCUT2D eigenvalue weighted by Crippen LogP contribution is 2.17. The van der Waals surface area contributed by atoms with Gasteiger partial charge in [-0.15, -0.1) is 0 Å². The van der Waals surface area contributed by atoms with Crippen LogP contribution in [0.4, 0.5) is 4.39 Å². The molecule has 0 heterocycles. The Kier molecular flexibility index (Phi) is 7.00. The van der Waals surface area contributed by atoms with Gasteiger partial charge in [-0.2, -0.15) is 0 Å². The quantitative estimate of drug-likeness (QED) is 0.671. The minimum absolute atomic E-state index is 0.215. The third kappa shape index (κ3) is 6.52. The molecule has 1 atom stereocenters. The van der Waals surface area contributed by atoms with Gasteiger partial charge in [0.15, 0.2) is 0 Å². The van der Waals surface area contributed by atoms with Gasteiger partial charge in [-0.1, -0.05) is 35.0 Å². The van der Waals surface area contributed by atoms with Gasteiger partial charge >= 0.3 is 0 Å². The molecule has 0 spiro atoms. The van der Waals surface area contributed by atoms with E-state index in [0.29, 0.717) is 19.3 Å². The lowest BCUT2D eigenvalue weighted by molar-refractivity contribution is 0.549. The molecule has 108 valence electrons. The Morgan fingerprint density at radius 2 is 2.05 bits per heavy atom. The summed E-state index contributed by atoms with van der Waals surface area (Å²) in [6.07, 6.45) is 1.97. The molecule has 1 aromatic rings.